The highest BCUT2D eigenvalue weighted by atomic mass is 16.3. The molecule has 2 aliphatic rings. The van der Waals surface area contributed by atoms with Crippen LogP contribution in [0.5, 0.6) is 0 Å². The number of hydrogen-bond acceptors (Lipinski definition) is 7. The molecular weight excluding hydrogens is 340 g/mol. The van der Waals surface area contributed by atoms with Gasteiger partial charge >= 0.3 is 0 Å². The molecule has 138 valence electrons. The van der Waals surface area contributed by atoms with Crippen LogP contribution in [0.1, 0.15) is 39.1 Å². The third-order valence-electron chi connectivity index (χ3n) is 4.47. The van der Waals surface area contributed by atoms with E-state index >= 15 is 0 Å². The zero-order valence-corrected chi connectivity index (χ0v) is 14.0. The van der Waals surface area contributed by atoms with Gasteiger partial charge < -0.3 is 16.2 Å². The number of benzene rings is 1. The molecule has 0 saturated carbocycles. The molecule has 4 amide bonds. The van der Waals surface area contributed by atoms with Crippen LogP contribution in [0, 0.1) is 0 Å². The van der Waals surface area contributed by atoms with Crippen molar-refractivity contribution < 1.29 is 24.3 Å². The zero-order valence-electron chi connectivity index (χ0n) is 14.0. The predicted molar refractivity (Wildman–Crippen MR) is 89.9 cm³/mol. The molecule has 2 atom stereocenters. The van der Waals surface area contributed by atoms with Gasteiger partial charge in [0, 0.05) is 25.6 Å². The van der Waals surface area contributed by atoms with Gasteiger partial charge in [-0.1, -0.05) is 6.07 Å². The summed E-state index contributed by atoms with van der Waals surface area (Å²) in [5.41, 5.74) is 6.88. The number of piperidine rings is 1. The smallest absolute Gasteiger partial charge is 0.262 e. The van der Waals surface area contributed by atoms with Crippen LogP contribution in [-0.2, 0) is 16.1 Å². The van der Waals surface area contributed by atoms with Crippen LogP contribution in [0.25, 0.3) is 0 Å². The van der Waals surface area contributed by atoms with Crippen molar-refractivity contribution in [3.63, 3.8) is 0 Å². The number of carbonyl (C=O) groups excluding carboxylic acids is 4. The van der Waals surface area contributed by atoms with E-state index in [9.17, 15) is 19.2 Å². The highest BCUT2D eigenvalue weighted by Crippen LogP contribution is 2.28. The maximum absolute atomic E-state index is 12.7. The fraction of sp³-hybridized carbons (Fsp3) is 0.412. The monoisotopic (exact) mass is 360 g/mol. The minimum atomic E-state index is -0.968. The van der Waals surface area contributed by atoms with Crippen molar-refractivity contribution in [1.82, 2.24) is 15.5 Å². The number of aliphatic hydroxyl groups is 1. The first kappa shape index (κ1) is 18.2. The summed E-state index contributed by atoms with van der Waals surface area (Å²) in [6.07, 6.45) is 0.216. The summed E-state index contributed by atoms with van der Waals surface area (Å²) in [6, 6.07) is 3.54. The Morgan fingerprint density at radius 1 is 1.23 bits per heavy atom. The molecule has 2 heterocycles. The van der Waals surface area contributed by atoms with Crippen LogP contribution in [0.2, 0.25) is 0 Å². The molecule has 1 saturated heterocycles. The topological polar surface area (TPSA) is 142 Å². The lowest BCUT2D eigenvalue weighted by molar-refractivity contribution is -0.136. The van der Waals surface area contributed by atoms with Crippen molar-refractivity contribution in [2.45, 2.75) is 31.5 Å². The molecule has 1 aromatic rings. The van der Waals surface area contributed by atoms with Gasteiger partial charge in [-0.2, -0.15) is 0 Å². The standard InChI is InChI=1S/C17H20N4O5/c18-10(8-22)7-19-6-9-1-2-11-12(5-9)17(26)21(16(11)25)13-3-4-14(23)20-15(13)24/h1-2,5,10,13,19,22H,3-4,6-8,18H2,(H,20,23,24)/t10-,13?/m0/s1. The summed E-state index contributed by atoms with van der Waals surface area (Å²) in [5.74, 6) is -2.09. The fourth-order valence-electron chi connectivity index (χ4n) is 3.09. The second kappa shape index (κ2) is 7.32. The van der Waals surface area contributed by atoms with E-state index in [0.29, 0.717) is 13.1 Å². The summed E-state index contributed by atoms with van der Waals surface area (Å²) < 4.78 is 0. The van der Waals surface area contributed by atoms with E-state index in [1.807, 2.05) is 0 Å². The summed E-state index contributed by atoms with van der Waals surface area (Å²) >= 11 is 0. The van der Waals surface area contributed by atoms with E-state index in [4.69, 9.17) is 10.8 Å². The van der Waals surface area contributed by atoms with Crippen LogP contribution < -0.4 is 16.4 Å². The SMILES string of the molecule is N[C@H](CO)CNCc1ccc2c(c1)C(=O)N(C1CCC(=O)NC1=O)C2=O. The van der Waals surface area contributed by atoms with Crippen LogP contribution in [-0.4, -0.2) is 58.9 Å². The normalized spacial score (nSPS) is 21.0. The van der Waals surface area contributed by atoms with Crippen LogP contribution in [0.3, 0.4) is 0 Å². The Morgan fingerprint density at radius 2 is 1.96 bits per heavy atom. The van der Waals surface area contributed by atoms with E-state index in [1.165, 1.54) is 0 Å². The molecule has 2 aliphatic heterocycles. The first-order valence-electron chi connectivity index (χ1n) is 8.34. The van der Waals surface area contributed by atoms with E-state index in [-0.39, 0.29) is 36.6 Å². The van der Waals surface area contributed by atoms with E-state index in [2.05, 4.69) is 10.6 Å². The predicted octanol–water partition coefficient (Wildman–Crippen LogP) is -1.50. The average Bonchev–Trinajstić information content (AvgIpc) is 2.86. The summed E-state index contributed by atoms with van der Waals surface area (Å²) in [4.78, 5) is 49.5. The highest BCUT2D eigenvalue weighted by molar-refractivity contribution is 6.23. The van der Waals surface area contributed by atoms with Gasteiger partial charge in [0.05, 0.1) is 17.7 Å². The number of aliphatic hydroxyl groups excluding tert-OH is 1. The second-order valence-corrected chi connectivity index (χ2v) is 6.40. The molecule has 9 nitrogen and oxygen atoms in total. The third-order valence-corrected chi connectivity index (χ3v) is 4.47. The number of amides is 4. The molecular formula is C17H20N4O5. The van der Waals surface area contributed by atoms with Crippen molar-refractivity contribution >= 4 is 23.6 Å². The number of nitrogens with two attached hydrogens (primary N) is 1. The maximum Gasteiger partial charge on any atom is 0.262 e. The molecule has 0 bridgehead atoms. The first-order valence-corrected chi connectivity index (χ1v) is 8.34. The van der Waals surface area contributed by atoms with Crippen molar-refractivity contribution in [1.29, 1.82) is 0 Å². The second-order valence-electron chi connectivity index (χ2n) is 6.40. The lowest BCUT2D eigenvalue weighted by Crippen LogP contribution is -2.54. The van der Waals surface area contributed by atoms with Gasteiger partial charge in [-0.25, -0.2) is 0 Å². The number of rotatable bonds is 6. The van der Waals surface area contributed by atoms with Gasteiger partial charge in [0.2, 0.25) is 11.8 Å². The van der Waals surface area contributed by atoms with Gasteiger partial charge in [-0.15, -0.1) is 0 Å². The Labute approximate surface area is 149 Å². The minimum Gasteiger partial charge on any atom is -0.395 e. The van der Waals surface area contributed by atoms with Crippen molar-refractivity contribution in [3.8, 4) is 0 Å². The molecule has 0 radical (unpaired) electrons. The van der Waals surface area contributed by atoms with Gasteiger partial charge in [0.1, 0.15) is 6.04 Å². The van der Waals surface area contributed by atoms with Crippen LogP contribution >= 0.6 is 0 Å². The van der Waals surface area contributed by atoms with Crippen LogP contribution in [0.15, 0.2) is 18.2 Å². The van der Waals surface area contributed by atoms with Crippen molar-refractivity contribution in [2.24, 2.45) is 5.73 Å². The Bertz CT molecular complexity index is 778. The van der Waals surface area contributed by atoms with Crippen LogP contribution in [0.4, 0.5) is 0 Å². The third kappa shape index (κ3) is 3.36. The molecule has 1 unspecified atom stereocenters. The quantitative estimate of drug-likeness (QED) is 0.452. The average molecular weight is 360 g/mol. The number of fused-ring (bicyclic) bond motifs is 1. The van der Waals surface area contributed by atoms with Crippen molar-refractivity contribution in [2.75, 3.05) is 13.2 Å². The number of carbonyl (C=O) groups is 4. The fourth-order valence-corrected chi connectivity index (χ4v) is 3.09. The van der Waals surface area contributed by atoms with E-state index in [0.717, 1.165) is 10.5 Å². The number of hydrogen-bond donors (Lipinski definition) is 4. The molecule has 5 N–H and O–H groups in total. The molecule has 9 heteroatoms. The molecule has 1 aromatic carbocycles. The number of nitrogens with one attached hydrogen (secondary N) is 2. The molecule has 3 rings (SSSR count). The highest BCUT2D eigenvalue weighted by Gasteiger charge is 2.44. The molecule has 1 fully saturated rings. The van der Waals surface area contributed by atoms with Gasteiger partial charge in [0.25, 0.3) is 11.8 Å². The molecule has 26 heavy (non-hydrogen) atoms. The molecule has 0 aromatic heterocycles. The van der Waals surface area contributed by atoms with Crippen molar-refractivity contribution in [3.05, 3.63) is 34.9 Å². The number of imide groups is 2. The lowest BCUT2D eigenvalue weighted by Gasteiger charge is -2.27. The molecule has 0 aliphatic carbocycles. The summed E-state index contributed by atoms with van der Waals surface area (Å²) in [6.45, 7) is 0.689. The maximum atomic E-state index is 12.7. The summed E-state index contributed by atoms with van der Waals surface area (Å²) in [7, 11) is 0. The minimum absolute atomic E-state index is 0.0874. The summed E-state index contributed by atoms with van der Waals surface area (Å²) in [5, 5.41) is 14.1. The van der Waals surface area contributed by atoms with E-state index in [1.54, 1.807) is 18.2 Å². The lowest BCUT2D eigenvalue weighted by atomic mass is 10.0. The zero-order chi connectivity index (χ0) is 18.8. The first-order chi connectivity index (χ1) is 12.4. The Balaban J connectivity index is 1.75. The Morgan fingerprint density at radius 3 is 2.65 bits per heavy atom. The Kier molecular flexibility index (Phi) is 5.12. The Hall–Kier alpha value is -2.62. The molecule has 0 spiro atoms. The van der Waals surface area contributed by atoms with Gasteiger partial charge in [-0.05, 0) is 24.1 Å². The number of nitrogens with zero attached hydrogens (tertiary/aromatic N) is 1. The largest absolute Gasteiger partial charge is 0.395 e. The van der Waals surface area contributed by atoms with E-state index < -0.39 is 29.7 Å². The van der Waals surface area contributed by atoms with Gasteiger partial charge in [0.15, 0.2) is 0 Å². The van der Waals surface area contributed by atoms with Gasteiger partial charge in [-0.3, -0.25) is 29.4 Å².